The van der Waals surface area contributed by atoms with Crippen LogP contribution in [-0.2, 0) is 4.74 Å². The van der Waals surface area contributed by atoms with Crippen LogP contribution in [-0.4, -0.2) is 17.6 Å². The zero-order valence-electron chi connectivity index (χ0n) is 8.71. The van der Waals surface area contributed by atoms with Gasteiger partial charge in [0.25, 0.3) is 0 Å². The lowest BCUT2D eigenvalue weighted by molar-refractivity contribution is 0.239. The Bertz CT molecular complexity index is 155. The van der Waals surface area contributed by atoms with Crippen LogP contribution in [0.25, 0.3) is 0 Å². The highest BCUT2D eigenvalue weighted by Gasteiger charge is 2.12. The lowest BCUT2D eigenvalue weighted by Gasteiger charge is -2.20. The van der Waals surface area contributed by atoms with Crippen LogP contribution < -0.4 is 0 Å². The predicted octanol–water partition coefficient (Wildman–Crippen LogP) is 3.60. The molecule has 1 nitrogen and oxygen atoms in total. The Hall–Kier alpha value is -0.110. The summed E-state index contributed by atoms with van der Waals surface area (Å²) in [5, 5.41) is 0.860. The molecule has 13 heavy (non-hydrogen) atoms. The van der Waals surface area contributed by atoms with Gasteiger partial charge in [-0.2, -0.15) is 11.8 Å². The van der Waals surface area contributed by atoms with Gasteiger partial charge in [-0.15, -0.1) is 0 Å². The van der Waals surface area contributed by atoms with E-state index in [1.165, 1.54) is 37.0 Å². The van der Waals surface area contributed by atoms with Crippen LogP contribution in [0.1, 0.15) is 39.5 Å². The summed E-state index contributed by atoms with van der Waals surface area (Å²) in [5.74, 6) is 1.35. The van der Waals surface area contributed by atoms with Gasteiger partial charge in [0.2, 0.25) is 0 Å². The Morgan fingerprint density at radius 2 is 2.31 bits per heavy atom. The maximum absolute atomic E-state index is 5.42. The Kier molecular flexibility index (Phi) is 5.37. The maximum Gasteiger partial charge on any atom is 0.0883 e. The third kappa shape index (κ3) is 5.25. The van der Waals surface area contributed by atoms with Crippen LogP contribution in [0.5, 0.6) is 0 Å². The van der Waals surface area contributed by atoms with Crippen LogP contribution in [0.15, 0.2) is 11.8 Å². The van der Waals surface area contributed by atoms with Crippen LogP contribution in [0.3, 0.4) is 0 Å². The first-order valence-electron chi connectivity index (χ1n) is 5.15. The third-order valence-electron chi connectivity index (χ3n) is 2.15. The first-order valence-corrected chi connectivity index (χ1v) is 6.20. The maximum atomic E-state index is 5.42. The van der Waals surface area contributed by atoms with E-state index < -0.39 is 0 Å². The molecule has 1 atom stereocenters. The molecule has 0 aromatic carbocycles. The molecule has 1 rings (SSSR count). The lowest BCUT2D eigenvalue weighted by atomic mass is 10.1. The number of hydrogen-bond acceptors (Lipinski definition) is 2. The third-order valence-corrected chi connectivity index (χ3v) is 3.62. The van der Waals surface area contributed by atoms with Crippen molar-refractivity contribution in [1.29, 1.82) is 0 Å². The first kappa shape index (κ1) is 11.0. The smallest absolute Gasteiger partial charge is 0.0883 e. The van der Waals surface area contributed by atoms with E-state index in [-0.39, 0.29) is 0 Å². The molecule has 0 bridgehead atoms. The summed E-state index contributed by atoms with van der Waals surface area (Å²) in [6.45, 7) is 5.02. The summed E-state index contributed by atoms with van der Waals surface area (Å²) in [7, 11) is 0. The fraction of sp³-hybridized carbons (Fsp3) is 0.818. The highest BCUT2D eigenvalue weighted by Crippen LogP contribution is 2.27. The van der Waals surface area contributed by atoms with Crippen molar-refractivity contribution in [3.63, 3.8) is 0 Å². The quantitative estimate of drug-likeness (QED) is 0.506. The van der Waals surface area contributed by atoms with E-state index in [2.05, 4.69) is 25.6 Å². The molecule has 0 aromatic heterocycles. The topological polar surface area (TPSA) is 9.23 Å². The molecule has 2 heteroatoms. The number of rotatable bonds is 4. The summed E-state index contributed by atoms with van der Waals surface area (Å²) in [5.41, 5.74) is 1.25. The van der Waals surface area contributed by atoms with Crippen molar-refractivity contribution >= 4 is 11.8 Å². The van der Waals surface area contributed by atoms with Crippen molar-refractivity contribution in [1.82, 2.24) is 0 Å². The standard InChI is InChI=1S/C11H20OS/c1-10(2)9-12-7-6-11-5-3-4-8-13-11/h9,11H,3-8H2,1-2H3. The highest BCUT2D eigenvalue weighted by atomic mass is 32.2. The first-order chi connectivity index (χ1) is 6.29. The number of hydrogen-bond donors (Lipinski definition) is 0. The second kappa shape index (κ2) is 6.36. The van der Waals surface area contributed by atoms with E-state index in [4.69, 9.17) is 4.74 Å². The van der Waals surface area contributed by atoms with Crippen molar-refractivity contribution in [2.45, 2.75) is 44.8 Å². The molecule has 0 radical (unpaired) electrons. The van der Waals surface area contributed by atoms with Gasteiger partial charge in [0.15, 0.2) is 0 Å². The van der Waals surface area contributed by atoms with Crippen molar-refractivity contribution in [3.05, 3.63) is 11.8 Å². The Balaban J connectivity index is 2.01. The number of thioether (sulfide) groups is 1. The minimum atomic E-state index is 0.860. The van der Waals surface area contributed by atoms with E-state index in [0.717, 1.165) is 11.9 Å². The Labute approximate surface area is 85.9 Å². The molecule has 0 spiro atoms. The molecular formula is C11H20OS. The fourth-order valence-corrected chi connectivity index (χ4v) is 2.76. The Morgan fingerprint density at radius 1 is 1.46 bits per heavy atom. The number of allylic oxidation sites excluding steroid dienone is 1. The highest BCUT2D eigenvalue weighted by molar-refractivity contribution is 7.99. The van der Waals surface area contributed by atoms with Crippen LogP contribution >= 0.6 is 11.8 Å². The summed E-state index contributed by atoms with van der Waals surface area (Å²) in [6.07, 6.45) is 7.31. The summed E-state index contributed by atoms with van der Waals surface area (Å²) in [4.78, 5) is 0. The monoisotopic (exact) mass is 200 g/mol. The van der Waals surface area contributed by atoms with Crippen LogP contribution in [0.4, 0.5) is 0 Å². The van der Waals surface area contributed by atoms with Gasteiger partial charge in [-0.3, -0.25) is 0 Å². The number of ether oxygens (including phenoxy) is 1. The van der Waals surface area contributed by atoms with Gasteiger partial charge in [-0.1, -0.05) is 6.42 Å². The van der Waals surface area contributed by atoms with Crippen molar-refractivity contribution in [2.75, 3.05) is 12.4 Å². The van der Waals surface area contributed by atoms with Gasteiger partial charge < -0.3 is 4.74 Å². The molecule has 1 heterocycles. The molecule has 1 unspecified atom stereocenters. The second-order valence-corrected chi connectivity index (χ2v) is 5.25. The van der Waals surface area contributed by atoms with Gasteiger partial charge >= 0.3 is 0 Å². The average molecular weight is 200 g/mol. The van der Waals surface area contributed by atoms with E-state index in [9.17, 15) is 0 Å². The molecule has 1 saturated heterocycles. The molecule has 0 saturated carbocycles. The molecular weight excluding hydrogens is 180 g/mol. The van der Waals surface area contributed by atoms with Crippen LogP contribution in [0, 0.1) is 0 Å². The minimum Gasteiger partial charge on any atom is -0.501 e. The molecule has 1 aliphatic heterocycles. The van der Waals surface area contributed by atoms with Crippen molar-refractivity contribution in [3.8, 4) is 0 Å². The fourth-order valence-electron chi connectivity index (χ4n) is 1.46. The van der Waals surface area contributed by atoms with Gasteiger partial charge in [-0.25, -0.2) is 0 Å². The second-order valence-electron chi connectivity index (χ2n) is 3.84. The summed E-state index contributed by atoms with van der Waals surface area (Å²) < 4.78 is 5.42. The van der Waals surface area contributed by atoms with Crippen molar-refractivity contribution < 1.29 is 4.74 Å². The van der Waals surface area contributed by atoms with Crippen molar-refractivity contribution in [2.24, 2.45) is 0 Å². The van der Waals surface area contributed by atoms with Gasteiger partial charge in [-0.05, 0) is 44.4 Å². The predicted molar refractivity (Wildman–Crippen MR) is 60.1 cm³/mol. The van der Waals surface area contributed by atoms with Crippen LogP contribution in [0.2, 0.25) is 0 Å². The minimum absolute atomic E-state index is 0.860. The average Bonchev–Trinajstić information content (AvgIpc) is 2.14. The van der Waals surface area contributed by atoms with E-state index in [1.54, 1.807) is 0 Å². The van der Waals surface area contributed by atoms with Gasteiger partial charge in [0.05, 0.1) is 12.9 Å². The molecule has 0 aromatic rings. The Morgan fingerprint density at radius 3 is 2.92 bits per heavy atom. The zero-order chi connectivity index (χ0) is 9.52. The lowest BCUT2D eigenvalue weighted by Crippen LogP contribution is -2.11. The van der Waals surface area contributed by atoms with E-state index >= 15 is 0 Å². The molecule has 1 fully saturated rings. The SMILES string of the molecule is CC(C)=COCCC1CCCCS1. The molecule has 76 valence electrons. The van der Waals surface area contributed by atoms with Gasteiger partial charge in [0, 0.05) is 5.25 Å². The summed E-state index contributed by atoms with van der Waals surface area (Å²) >= 11 is 2.12. The summed E-state index contributed by atoms with van der Waals surface area (Å²) in [6, 6.07) is 0. The zero-order valence-corrected chi connectivity index (χ0v) is 9.53. The molecule has 0 amide bonds. The molecule has 1 aliphatic rings. The van der Waals surface area contributed by atoms with E-state index in [1.807, 2.05) is 6.26 Å². The molecule has 0 N–H and O–H groups in total. The van der Waals surface area contributed by atoms with E-state index in [0.29, 0.717) is 0 Å². The normalized spacial score (nSPS) is 22.5. The molecule has 0 aliphatic carbocycles. The largest absolute Gasteiger partial charge is 0.501 e. The van der Waals surface area contributed by atoms with Gasteiger partial charge in [0.1, 0.15) is 0 Å².